The average molecular weight is 737 g/mol. The maximum absolute atomic E-state index is 13.9. The molecule has 3 heterocycles. The number of nitrogens with two attached hydrogens (primary N) is 2. The number of carbonyl (C=O) groups excluding carboxylic acids is 4. The number of nitro groups is 2. The quantitative estimate of drug-likeness (QED) is 0.0743. The van der Waals surface area contributed by atoms with Gasteiger partial charge in [-0.15, -0.1) is 0 Å². The van der Waals surface area contributed by atoms with Gasteiger partial charge in [0.05, 0.1) is 29.1 Å². The van der Waals surface area contributed by atoms with Crippen LogP contribution in [0.2, 0.25) is 0 Å². The Hall–Kier alpha value is -6.11. The molecular weight excluding hydrogens is 696 g/mol. The van der Waals surface area contributed by atoms with Crippen LogP contribution in [0.25, 0.3) is 11.0 Å². The van der Waals surface area contributed by atoms with Crippen molar-refractivity contribution in [1.29, 1.82) is 0 Å². The summed E-state index contributed by atoms with van der Waals surface area (Å²) in [5, 5.41) is 28.4. The molecule has 0 spiro atoms. The Morgan fingerprint density at radius 1 is 1.00 bits per heavy atom. The number of amides is 4. The molecule has 2 aliphatic rings. The molecule has 3 aromatic rings. The lowest BCUT2D eigenvalue weighted by atomic mass is 10.0. The summed E-state index contributed by atoms with van der Waals surface area (Å²) in [6.45, 7) is 0.729. The Morgan fingerprint density at radius 3 is 2.40 bits per heavy atom. The van der Waals surface area contributed by atoms with Gasteiger partial charge in [0.2, 0.25) is 23.6 Å². The summed E-state index contributed by atoms with van der Waals surface area (Å²) in [6, 6.07) is 5.35. The number of fused-ring (bicyclic) bond motifs is 1. The number of rotatable bonds is 15. The molecule has 0 saturated carbocycles. The van der Waals surface area contributed by atoms with Gasteiger partial charge < -0.3 is 41.1 Å². The van der Waals surface area contributed by atoms with Crippen LogP contribution in [0.1, 0.15) is 44.1 Å². The van der Waals surface area contributed by atoms with Crippen LogP contribution < -0.4 is 32.5 Å². The molecule has 4 amide bonds. The molecule has 5 rings (SSSR count). The molecule has 53 heavy (non-hydrogen) atoms. The van der Waals surface area contributed by atoms with Gasteiger partial charge in [0, 0.05) is 49.6 Å². The van der Waals surface area contributed by atoms with Crippen LogP contribution in [0.3, 0.4) is 0 Å². The third-order valence-electron chi connectivity index (χ3n) is 9.49. The minimum atomic E-state index is -1.21. The maximum atomic E-state index is 13.9. The zero-order valence-corrected chi connectivity index (χ0v) is 28.9. The lowest BCUT2D eigenvalue weighted by Crippen LogP contribution is -2.57. The van der Waals surface area contributed by atoms with Gasteiger partial charge >= 0.3 is 5.63 Å². The van der Waals surface area contributed by atoms with E-state index < -0.39 is 74.6 Å². The van der Waals surface area contributed by atoms with E-state index in [0.29, 0.717) is 48.8 Å². The first-order chi connectivity index (χ1) is 25.3. The predicted molar refractivity (Wildman–Crippen MR) is 189 cm³/mol. The molecule has 282 valence electrons. The first-order valence-corrected chi connectivity index (χ1v) is 17.0. The van der Waals surface area contributed by atoms with Crippen molar-refractivity contribution < 1.29 is 38.2 Å². The van der Waals surface area contributed by atoms with Crippen LogP contribution in [0, 0.1) is 20.2 Å². The van der Waals surface area contributed by atoms with E-state index in [1.165, 1.54) is 35.1 Å². The van der Waals surface area contributed by atoms with Gasteiger partial charge in [0.1, 0.15) is 35.1 Å². The van der Waals surface area contributed by atoms with Crippen LogP contribution in [-0.2, 0) is 25.6 Å². The lowest BCUT2D eigenvalue weighted by molar-refractivity contribution is -0.393. The summed E-state index contributed by atoms with van der Waals surface area (Å²) in [4.78, 5) is 89.5. The molecule has 19 heteroatoms. The highest BCUT2D eigenvalue weighted by molar-refractivity contribution is 5.95. The van der Waals surface area contributed by atoms with Crippen molar-refractivity contribution in [3.8, 4) is 5.75 Å². The van der Waals surface area contributed by atoms with E-state index in [4.69, 9.17) is 20.6 Å². The summed E-state index contributed by atoms with van der Waals surface area (Å²) >= 11 is 0. The van der Waals surface area contributed by atoms with E-state index in [0.717, 1.165) is 12.1 Å². The first kappa shape index (κ1) is 38.1. The summed E-state index contributed by atoms with van der Waals surface area (Å²) in [6.07, 6.45) is 2.13. The van der Waals surface area contributed by atoms with Crippen molar-refractivity contribution >= 4 is 51.7 Å². The highest BCUT2D eigenvalue weighted by Crippen LogP contribution is 2.30. The molecule has 4 unspecified atom stereocenters. The predicted octanol–water partition coefficient (Wildman–Crippen LogP) is 1.33. The molecule has 2 saturated heterocycles. The Kier molecular flexibility index (Phi) is 11.9. The molecule has 2 aromatic carbocycles. The molecule has 0 aliphatic carbocycles. The normalized spacial score (nSPS) is 18.0. The van der Waals surface area contributed by atoms with E-state index in [-0.39, 0.29) is 43.7 Å². The average Bonchev–Trinajstić information content (AvgIpc) is 3.83. The van der Waals surface area contributed by atoms with Gasteiger partial charge in [-0.05, 0) is 62.3 Å². The minimum absolute atomic E-state index is 0.0826. The smallest absolute Gasteiger partial charge is 0.336 e. The lowest BCUT2D eigenvalue weighted by Gasteiger charge is -2.32. The number of hydrogen-bond acceptors (Lipinski definition) is 13. The highest BCUT2D eigenvalue weighted by atomic mass is 16.6. The summed E-state index contributed by atoms with van der Waals surface area (Å²) < 4.78 is 10.5. The number of ether oxygens (including phenoxy) is 1. The van der Waals surface area contributed by atoms with Crippen molar-refractivity contribution in [2.24, 2.45) is 11.5 Å². The zero-order valence-electron chi connectivity index (χ0n) is 28.9. The molecular formula is C34H40N8O11. The fraction of sp³-hybridized carbons (Fsp3) is 0.441. The van der Waals surface area contributed by atoms with Crippen LogP contribution in [0.15, 0.2) is 51.7 Å². The standard InChI is InChI=1S/C34H40N8O11/c1-52-21-9-10-22-19(16-30(43)53-29(22)18-21)15-25(31(36)44)38-32(45)26-6-3-13-39(26)34(47)27-7-4-14-40(27)33(46)23(35)5-2-12-37-24-11-8-20(41(48)49)17-28(24)42(50)51/h8-11,16-18,23,25-27,37H,2-7,12-15,35H2,1H3,(H2,36,44)(H,38,45). The van der Waals surface area contributed by atoms with E-state index in [1.807, 2.05) is 0 Å². The number of nitro benzene ring substituents is 2. The number of nitrogens with one attached hydrogen (secondary N) is 2. The third kappa shape index (κ3) is 8.68. The number of methoxy groups -OCH3 is 1. The largest absolute Gasteiger partial charge is 0.497 e. The first-order valence-electron chi connectivity index (χ1n) is 17.0. The van der Waals surface area contributed by atoms with Crippen molar-refractivity contribution in [3.05, 3.63) is 78.7 Å². The Bertz CT molecular complexity index is 1990. The number of hydrogen-bond donors (Lipinski definition) is 4. The van der Waals surface area contributed by atoms with Gasteiger partial charge in [0.25, 0.3) is 11.4 Å². The van der Waals surface area contributed by atoms with Crippen molar-refractivity contribution in [3.63, 3.8) is 0 Å². The molecule has 0 radical (unpaired) electrons. The Morgan fingerprint density at radius 2 is 1.72 bits per heavy atom. The third-order valence-corrected chi connectivity index (χ3v) is 9.49. The van der Waals surface area contributed by atoms with Crippen molar-refractivity contribution in [2.75, 3.05) is 32.1 Å². The SMILES string of the molecule is COc1ccc2c(CC(NC(=O)C3CCCN3C(=O)C3CCCN3C(=O)C(N)CCCNc3ccc([N+](=O)[O-])cc3[N+](=O)[O-])C(N)=O)cc(=O)oc2c1. The molecule has 19 nitrogen and oxygen atoms in total. The number of likely N-dealkylation sites (tertiary alicyclic amines) is 2. The molecule has 6 N–H and O–H groups in total. The number of carbonyl (C=O) groups is 4. The van der Waals surface area contributed by atoms with E-state index in [1.54, 1.807) is 12.1 Å². The molecule has 0 bridgehead atoms. The number of non-ortho nitro benzene ring substituents is 1. The van der Waals surface area contributed by atoms with Crippen molar-refractivity contribution in [2.45, 2.75) is 69.1 Å². The summed E-state index contributed by atoms with van der Waals surface area (Å²) in [5.74, 6) is -1.84. The van der Waals surface area contributed by atoms with E-state index in [9.17, 15) is 44.2 Å². The van der Waals surface area contributed by atoms with E-state index in [2.05, 4.69) is 10.6 Å². The fourth-order valence-electron chi connectivity index (χ4n) is 6.81. The second kappa shape index (κ2) is 16.5. The molecule has 2 aliphatic heterocycles. The number of benzene rings is 2. The number of nitrogens with zero attached hydrogens (tertiary/aromatic N) is 4. The number of primary amides is 1. The summed E-state index contributed by atoms with van der Waals surface area (Å²) in [5.41, 5.74) is 11.1. The van der Waals surface area contributed by atoms with Crippen LogP contribution in [0.4, 0.5) is 17.1 Å². The summed E-state index contributed by atoms with van der Waals surface area (Å²) in [7, 11) is 1.46. The van der Waals surface area contributed by atoms with Gasteiger partial charge in [-0.1, -0.05) is 0 Å². The molecule has 2 fully saturated rings. The van der Waals surface area contributed by atoms with Crippen molar-refractivity contribution in [1.82, 2.24) is 15.1 Å². The van der Waals surface area contributed by atoms with Gasteiger partial charge in [-0.2, -0.15) is 0 Å². The van der Waals surface area contributed by atoms with Crippen LogP contribution in [-0.4, -0.2) is 94.2 Å². The van der Waals surface area contributed by atoms with Crippen LogP contribution >= 0.6 is 0 Å². The number of anilines is 1. The molecule has 4 atom stereocenters. The topological polar surface area (TPSA) is 277 Å². The maximum Gasteiger partial charge on any atom is 0.336 e. The highest BCUT2D eigenvalue weighted by Gasteiger charge is 2.43. The second-order valence-corrected chi connectivity index (χ2v) is 12.9. The minimum Gasteiger partial charge on any atom is -0.497 e. The van der Waals surface area contributed by atoms with E-state index >= 15 is 0 Å². The zero-order chi connectivity index (χ0) is 38.4. The van der Waals surface area contributed by atoms with Gasteiger partial charge in [0.15, 0.2) is 0 Å². The Labute approximate surface area is 301 Å². The van der Waals surface area contributed by atoms with Gasteiger partial charge in [-0.25, -0.2) is 4.79 Å². The molecule has 1 aromatic heterocycles. The van der Waals surface area contributed by atoms with Gasteiger partial charge in [-0.3, -0.25) is 39.4 Å². The monoisotopic (exact) mass is 736 g/mol. The fourth-order valence-corrected chi connectivity index (χ4v) is 6.81. The van der Waals surface area contributed by atoms with Crippen LogP contribution in [0.5, 0.6) is 5.75 Å². The Balaban J connectivity index is 1.19. The second-order valence-electron chi connectivity index (χ2n) is 12.9.